The predicted molar refractivity (Wildman–Crippen MR) is 81.4 cm³/mol. The van der Waals surface area contributed by atoms with Gasteiger partial charge in [0, 0.05) is 16.5 Å². The van der Waals surface area contributed by atoms with Gasteiger partial charge in [0.25, 0.3) is 0 Å². The molecule has 0 amide bonds. The third-order valence-electron chi connectivity index (χ3n) is 3.04. The van der Waals surface area contributed by atoms with E-state index in [0.29, 0.717) is 16.5 Å². The van der Waals surface area contributed by atoms with Crippen LogP contribution in [-0.4, -0.2) is 31.3 Å². The van der Waals surface area contributed by atoms with Crippen LogP contribution >= 0.6 is 0 Å². The van der Waals surface area contributed by atoms with E-state index in [1.165, 1.54) is 20.3 Å². The van der Waals surface area contributed by atoms with Gasteiger partial charge in [-0.25, -0.2) is 9.59 Å². The molecule has 0 aliphatic carbocycles. The van der Waals surface area contributed by atoms with Crippen LogP contribution in [0.3, 0.4) is 0 Å². The van der Waals surface area contributed by atoms with Gasteiger partial charge >= 0.3 is 11.9 Å². The van der Waals surface area contributed by atoms with E-state index >= 15 is 0 Å². The molecule has 2 N–H and O–H groups in total. The Hall–Kier alpha value is -3.02. The molecule has 2 rings (SSSR count). The summed E-state index contributed by atoms with van der Waals surface area (Å²) in [4.78, 5) is 23.1. The van der Waals surface area contributed by atoms with Gasteiger partial charge < -0.3 is 19.9 Å². The standard InChI is InChI=1S/C16H15NO5/c1-21-15(19)9-13(16(20)22-2)17-12-7-8-14(18)11-6-4-3-5-10(11)12/h3-9,17-18H,1-2H3/b13-9+. The van der Waals surface area contributed by atoms with E-state index in [2.05, 4.69) is 14.8 Å². The first-order valence-electron chi connectivity index (χ1n) is 6.42. The molecule has 0 unspecified atom stereocenters. The molecule has 6 nitrogen and oxygen atoms in total. The molecule has 0 saturated carbocycles. The molecule has 0 aliphatic heterocycles. The van der Waals surface area contributed by atoms with Gasteiger partial charge in [-0.1, -0.05) is 24.3 Å². The second-order valence-corrected chi connectivity index (χ2v) is 4.38. The fourth-order valence-corrected chi connectivity index (χ4v) is 1.97. The molecule has 0 radical (unpaired) electrons. The molecule has 0 heterocycles. The molecule has 22 heavy (non-hydrogen) atoms. The van der Waals surface area contributed by atoms with Gasteiger partial charge in [0.05, 0.1) is 20.3 Å². The number of benzene rings is 2. The fraction of sp³-hybridized carbons (Fsp3) is 0.125. The van der Waals surface area contributed by atoms with Gasteiger partial charge in [-0.2, -0.15) is 0 Å². The summed E-state index contributed by atoms with van der Waals surface area (Å²) in [6.45, 7) is 0. The molecule has 0 bridgehead atoms. The molecular formula is C16H15NO5. The van der Waals surface area contributed by atoms with Gasteiger partial charge in [-0.3, -0.25) is 0 Å². The minimum atomic E-state index is -0.706. The van der Waals surface area contributed by atoms with Crippen molar-refractivity contribution in [3.8, 4) is 5.75 Å². The van der Waals surface area contributed by atoms with Crippen LogP contribution in [0.1, 0.15) is 0 Å². The largest absolute Gasteiger partial charge is 0.507 e. The molecule has 0 aliphatic rings. The number of phenols is 1. The molecule has 0 aromatic heterocycles. The van der Waals surface area contributed by atoms with Crippen molar-refractivity contribution >= 4 is 28.4 Å². The smallest absolute Gasteiger partial charge is 0.354 e. The molecule has 0 atom stereocenters. The number of methoxy groups -OCH3 is 2. The summed E-state index contributed by atoms with van der Waals surface area (Å²) in [5.41, 5.74) is 0.485. The van der Waals surface area contributed by atoms with E-state index < -0.39 is 11.9 Å². The summed E-state index contributed by atoms with van der Waals surface area (Å²) in [5.74, 6) is -1.27. The molecule has 6 heteroatoms. The number of aromatic hydroxyl groups is 1. The summed E-state index contributed by atoms with van der Waals surface area (Å²) < 4.78 is 9.16. The van der Waals surface area contributed by atoms with Crippen LogP contribution in [-0.2, 0) is 19.1 Å². The number of nitrogens with one attached hydrogen (secondary N) is 1. The summed E-state index contributed by atoms with van der Waals surface area (Å²) in [6.07, 6.45) is 1.01. The molecular weight excluding hydrogens is 286 g/mol. The van der Waals surface area contributed by atoms with Crippen molar-refractivity contribution in [2.75, 3.05) is 19.5 Å². The number of rotatable bonds is 4. The highest BCUT2D eigenvalue weighted by Gasteiger charge is 2.14. The summed E-state index contributed by atoms with van der Waals surface area (Å²) in [5, 5.41) is 14.0. The number of ether oxygens (including phenoxy) is 2. The second kappa shape index (κ2) is 6.62. The van der Waals surface area contributed by atoms with E-state index in [0.717, 1.165) is 6.08 Å². The van der Waals surface area contributed by atoms with Crippen LogP contribution in [0, 0.1) is 0 Å². The Morgan fingerprint density at radius 1 is 1.05 bits per heavy atom. The molecule has 2 aromatic carbocycles. The highest BCUT2D eigenvalue weighted by atomic mass is 16.5. The maximum Gasteiger partial charge on any atom is 0.354 e. The topological polar surface area (TPSA) is 84.9 Å². The minimum Gasteiger partial charge on any atom is -0.507 e. The van der Waals surface area contributed by atoms with Crippen molar-refractivity contribution in [1.29, 1.82) is 0 Å². The lowest BCUT2D eigenvalue weighted by Crippen LogP contribution is -2.15. The number of hydrogen-bond acceptors (Lipinski definition) is 6. The van der Waals surface area contributed by atoms with Crippen molar-refractivity contribution in [3.63, 3.8) is 0 Å². The Labute approximate surface area is 127 Å². The van der Waals surface area contributed by atoms with E-state index in [1.54, 1.807) is 30.3 Å². The molecule has 114 valence electrons. The van der Waals surface area contributed by atoms with Gasteiger partial charge in [0.1, 0.15) is 11.4 Å². The average Bonchev–Trinajstić information content (AvgIpc) is 2.55. The summed E-state index contributed by atoms with van der Waals surface area (Å²) in [7, 11) is 2.42. The summed E-state index contributed by atoms with van der Waals surface area (Å²) in [6, 6.07) is 10.2. The normalized spacial score (nSPS) is 11.1. The quantitative estimate of drug-likeness (QED) is 0.511. The zero-order valence-corrected chi connectivity index (χ0v) is 12.1. The monoisotopic (exact) mass is 301 g/mol. The lowest BCUT2D eigenvalue weighted by Gasteiger charge is -2.12. The Morgan fingerprint density at radius 3 is 2.36 bits per heavy atom. The Kier molecular flexibility index (Phi) is 4.63. The number of phenolic OH excluding ortho intramolecular Hbond substituents is 1. The van der Waals surface area contributed by atoms with Crippen molar-refractivity contribution in [3.05, 3.63) is 48.2 Å². The second-order valence-electron chi connectivity index (χ2n) is 4.38. The third kappa shape index (κ3) is 3.17. The highest BCUT2D eigenvalue weighted by Crippen LogP contribution is 2.31. The number of hydrogen-bond donors (Lipinski definition) is 2. The average molecular weight is 301 g/mol. The molecule has 0 saturated heterocycles. The molecule has 0 spiro atoms. The van der Waals surface area contributed by atoms with Crippen molar-refractivity contribution in [2.45, 2.75) is 0 Å². The zero-order valence-electron chi connectivity index (χ0n) is 12.1. The molecule has 0 fully saturated rings. The fourth-order valence-electron chi connectivity index (χ4n) is 1.97. The van der Waals surface area contributed by atoms with E-state index in [1.807, 2.05) is 0 Å². The number of fused-ring (bicyclic) bond motifs is 1. The van der Waals surface area contributed by atoms with Gasteiger partial charge in [-0.15, -0.1) is 0 Å². The summed E-state index contributed by atoms with van der Waals surface area (Å²) >= 11 is 0. The van der Waals surface area contributed by atoms with Gasteiger partial charge in [0.15, 0.2) is 0 Å². The minimum absolute atomic E-state index is 0.0646. The first-order chi connectivity index (χ1) is 10.6. The van der Waals surface area contributed by atoms with Gasteiger partial charge in [-0.05, 0) is 12.1 Å². The van der Waals surface area contributed by atoms with Crippen LogP contribution in [0.5, 0.6) is 5.75 Å². The highest BCUT2D eigenvalue weighted by molar-refractivity contribution is 6.03. The van der Waals surface area contributed by atoms with Crippen LogP contribution in [0.15, 0.2) is 48.2 Å². The van der Waals surface area contributed by atoms with E-state index in [4.69, 9.17) is 0 Å². The lowest BCUT2D eigenvalue weighted by atomic mass is 10.1. The van der Waals surface area contributed by atoms with Crippen LogP contribution in [0.25, 0.3) is 10.8 Å². The predicted octanol–water partition coefficient (Wildman–Crippen LogP) is 2.19. The maximum absolute atomic E-state index is 11.8. The third-order valence-corrected chi connectivity index (χ3v) is 3.04. The van der Waals surface area contributed by atoms with Crippen molar-refractivity contribution in [2.24, 2.45) is 0 Å². The van der Waals surface area contributed by atoms with Crippen LogP contribution in [0.4, 0.5) is 5.69 Å². The van der Waals surface area contributed by atoms with Crippen molar-refractivity contribution < 1.29 is 24.2 Å². The number of carbonyl (C=O) groups is 2. The van der Waals surface area contributed by atoms with Crippen molar-refractivity contribution in [1.82, 2.24) is 0 Å². The Balaban J connectivity index is 2.47. The van der Waals surface area contributed by atoms with E-state index in [-0.39, 0.29) is 11.4 Å². The Bertz CT molecular complexity index is 751. The number of carbonyl (C=O) groups excluding carboxylic acids is 2. The lowest BCUT2D eigenvalue weighted by molar-refractivity contribution is -0.138. The van der Waals surface area contributed by atoms with Crippen LogP contribution in [0.2, 0.25) is 0 Å². The number of esters is 2. The zero-order chi connectivity index (χ0) is 16.1. The van der Waals surface area contributed by atoms with E-state index in [9.17, 15) is 14.7 Å². The SMILES string of the molecule is COC(=O)/C=C(/Nc1ccc(O)c2ccccc12)C(=O)OC. The first-order valence-corrected chi connectivity index (χ1v) is 6.42. The first kappa shape index (κ1) is 15.4. The van der Waals surface area contributed by atoms with Crippen LogP contribution < -0.4 is 5.32 Å². The maximum atomic E-state index is 11.8. The number of anilines is 1. The molecule has 2 aromatic rings. The Morgan fingerprint density at radius 2 is 1.73 bits per heavy atom. The van der Waals surface area contributed by atoms with Gasteiger partial charge in [0.2, 0.25) is 0 Å².